The molecule has 1 aliphatic heterocycles. The summed E-state index contributed by atoms with van der Waals surface area (Å²) in [7, 11) is 0. The lowest BCUT2D eigenvalue weighted by molar-refractivity contribution is 0.0930. The van der Waals surface area contributed by atoms with Gasteiger partial charge in [-0.05, 0) is 37.5 Å². The molecule has 4 rings (SSSR count). The van der Waals surface area contributed by atoms with E-state index in [1.54, 1.807) is 22.8 Å². The maximum absolute atomic E-state index is 12.7. The average Bonchev–Trinajstić information content (AvgIpc) is 3.05. The molecule has 2 aliphatic rings. The van der Waals surface area contributed by atoms with E-state index in [0.717, 1.165) is 38.1 Å². The second-order valence-electron chi connectivity index (χ2n) is 7.34. The van der Waals surface area contributed by atoms with Gasteiger partial charge in [-0.3, -0.25) is 14.2 Å². The van der Waals surface area contributed by atoms with Gasteiger partial charge in [0.15, 0.2) is 0 Å². The van der Waals surface area contributed by atoms with Crippen LogP contribution in [-0.2, 0) is 13.0 Å². The highest BCUT2D eigenvalue weighted by Crippen LogP contribution is 2.19. The Hall–Kier alpha value is -2.17. The fourth-order valence-electron chi connectivity index (χ4n) is 4.09. The van der Waals surface area contributed by atoms with Gasteiger partial charge < -0.3 is 5.32 Å². The lowest BCUT2D eigenvalue weighted by Crippen LogP contribution is -2.35. The van der Waals surface area contributed by atoms with Crippen LogP contribution in [0.3, 0.4) is 0 Å². The number of aryl methyl sites for hydroxylation is 1. The number of aromatic nitrogens is 2. The van der Waals surface area contributed by atoms with Crippen molar-refractivity contribution in [3.05, 3.63) is 39.9 Å². The maximum Gasteiger partial charge on any atom is 0.261 e. The van der Waals surface area contributed by atoms with E-state index in [-0.39, 0.29) is 17.5 Å². The minimum absolute atomic E-state index is 0.0180. The van der Waals surface area contributed by atoms with Crippen molar-refractivity contribution in [1.29, 1.82) is 0 Å². The lowest BCUT2D eigenvalue weighted by Gasteiger charge is -2.21. The van der Waals surface area contributed by atoms with E-state index in [0.29, 0.717) is 16.5 Å². The van der Waals surface area contributed by atoms with Crippen LogP contribution in [0.15, 0.2) is 23.0 Å². The molecule has 0 atom stereocenters. The summed E-state index contributed by atoms with van der Waals surface area (Å²) in [6, 6.07) is 5.55. The van der Waals surface area contributed by atoms with Crippen LogP contribution >= 0.6 is 0 Å². The topological polar surface area (TPSA) is 64.0 Å². The highest BCUT2D eigenvalue weighted by Gasteiger charge is 2.18. The van der Waals surface area contributed by atoms with Crippen LogP contribution in [0.25, 0.3) is 10.9 Å². The molecular formula is C20H25N3O2. The quantitative estimate of drug-likeness (QED) is 0.914. The minimum atomic E-state index is -0.0464. The number of hydrogen-bond donors (Lipinski definition) is 1. The summed E-state index contributed by atoms with van der Waals surface area (Å²) in [6.45, 7) is 0.751. The summed E-state index contributed by atoms with van der Waals surface area (Å²) in [6.07, 6.45) is 10.1. The van der Waals surface area contributed by atoms with Gasteiger partial charge in [0, 0.05) is 24.6 Å². The summed E-state index contributed by atoms with van der Waals surface area (Å²) in [5.74, 6) is 0.796. The molecule has 1 fully saturated rings. The van der Waals surface area contributed by atoms with E-state index in [9.17, 15) is 9.59 Å². The van der Waals surface area contributed by atoms with E-state index < -0.39 is 0 Å². The van der Waals surface area contributed by atoms with Crippen LogP contribution in [-0.4, -0.2) is 21.5 Å². The molecule has 0 saturated heterocycles. The van der Waals surface area contributed by atoms with E-state index in [1.165, 1.54) is 32.1 Å². The number of benzene rings is 1. The number of rotatable bonds is 2. The van der Waals surface area contributed by atoms with Gasteiger partial charge in [0.1, 0.15) is 5.82 Å². The fourth-order valence-corrected chi connectivity index (χ4v) is 4.09. The lowest BCUT2D eigenvalue weighted by atomic mass is 9.96. The van der Waals surface area contributed by atoms with Gasteiger partial charge >= 0.3 is 0 Å². The predicted molar refractivity (Wildman–Crippen MR) is 97.9 cm³/mol. The highest BCUT2D eigenvalue weighted by molar-refractivity contribution is 5.97. The molecule has 5 nitrogen and oxygen atoms in total. The van der Waals surface area contributed by atoms with Crippen LogP contribution in [0.2, 0.25) is 0 Å². The van der Waals surface area contributed by atoms with Crippen molar-refractivity contribution in [2.45, 2.75) is 70.4 Å². The number of carbonyl (C=O) groups is 1. The molecule has 1 amide bonds. The zero-order chi connectivity index (χ0) is 17.2. The Labute approximate surface area is 147 Å². The molecule has 1 saturated carbocycles. The molecule has 1 N–H and O–H groups in total. The normalized spacial score (nSPS) is 18.6. The van der Waals surface area contributed by atoms with Crippen molar-refractivity contribution in [3.63, 3.8) is 0 Å². The Morgan fingerprint density at radius 3 is 2.64 bits per heavy atom. The third-order valence-electron chi connectivity index (χ3n) is 5.52. The Kier molecular flexibility index (Phi) is 4.55. The molecule has 132 valence electrons. The van der Waals surface area contributed by atoms with Crippen molar-refractivity contribution in [2.75, 3.05) is 0 Å². The summed E-state index contributed by atoms with van der Waals surface area (Å²) in [4.78, 5) is 29.8. The monoisotopic (exact) mass is 339 g/mol. The third kappa shape index (κ3) is 3.32. The number of nitrogens with zero attached hydrogens (tertiary/aromatic N) is 2. The van der Waals surface area contributed by atoms with Gasteiger partial charge in [0.05, 0.1) is 10.9 Å². The van der Waals surface area contributed by atoms with Gasteiger partial charge in [-0.15, -0.1) is 0 Å². The molecule has 0 unspecified atom stereocenters. The Bertz CT molecular complexity index is 848. The first-order chi connectivity index (χ1) is 12.2. The summed E-state index contributed by atoms with van der Waals surface area (Å²) in [5.41, 5.74) is 1.26. The average molecular weight is 339 g/mol. The first kappa shape index (κ1) is 16.3. The van der Waals surface area contributed by atoms with Crippen molar-refractivity contribution in [3.8, 4) is 0 Å². The SMILES string of the molecule is O=C(NC1CCCCCCC1)c1ccc2c(=O)n3c(nc2c1)CCC3. The van der Waals surface area contributed by atoms with E-state index in [1.807, 2.05) is 0 Å². The van der Waals surface area contributed by atoms with Crippen LogP contribution in [0.1, 0.15) is 67.5 Å². The van der Waals surface area contributed by atoms with Crippen LogP contribution in [0.4, 0.5) is 0 Å². The molecule has 0 radical (unpaired) electrons. The van der Waals surface area contributed by atoms with Crippen LogP contribution in [0, 0.1) is 0 Å². The molecule has 5 heteroatoms. The van der Waals surface area contributed by atoms with Crippen molar-refractivity contribution in [1.82, 2.24) is 14.9 Å². The fraction of sp³-hybridized carbons (Fsp3) is 0.550. The van der Waals surface area contributed by atoms with Crippen molar-refractivity contribution < 1.29 is 4.79 Å². The zero-order valence-corrected chi connectivity index (χ0v) is 14.6. The Morgan fingerprint density at radius 1 is 1.08 bits per heavy atom. The van der Waals surface area contributed by atoms with E-state index >= 15 is 0 Å². The van der Waals surface area contributed by atoms with Gasteiger partial charge in [0.2, 0.25) is 0 Å². The largest absolute Gasteiger partial charge is 0.349 e. The van der Waals surface area contributed by atoms with E-state index in [4.69, 9.17) is 0 Å². The number of nitrogens with one attached hydrogen (secondary N) is 1. The molecular weight excluding hydrogens is 314 g/mol. The molecule has 2 aromatic rings. The van der Waals surface area contributed by atoms with Crippen molar-refractivity contribution >= 4 is 16.8 Å². The van der Waals surface area contributed by atoms with Gasteiger partial charge in [-0.2, -0.15) is 0 Å². The number of carbonyl (C=O) groups excluding carboxylic acids is 1. The molecule has 2 heterocycles. The van der Waals surface area contributed by atoms with Crippen molar-refractivity contribution in [2.24, 2.45) is 0 Å². The van der Waals surface area contributed by atoms with Gasteiger partial charge in [0.25, 0.3) is 11.5 Å². The second-order valence-corrected chi connectivity index (χ2v) is 7.34. The standard InChI is InChI=1S/C20H25N3O2/c24-19(21-15-7-4-2-1-3-5-8-15)14-10-11-16-17(13-14)22-18-9-6-12-23(18)20(16)25/h10-11,13,15H,1-9,12H2,(H,21,24). The summed E-state index contributed by atoms with van der Waals surface area (Å²) >= 11 is 0. The highest BCUT2D eigenvalue weighted by atomic mass is 16.1. The second kappa shape index (κ2) is 6.98. The van der Waals surface area contributed by atoms with E-state index in [2.05, 4.69) is 10.3 Å². The number of hydrogen-bond acceptors (Lipinski definition) is 3. The molecule has 1 aromatic carbocycles. The molecule has 25 heavy (non-hydrogen) atoms. The number of amides is 1. The molecule has 0 bridgehead atoms. The van der Waals surface area contributed by atoms with Crippen LogP contribution < -0.4 is 10.9 Å². The first-order valence-electron chi connectivity index (χ1n) is 9.57. The Morgan fingerprint density at radius 2 is 1.84 bits per heavy atom. The third-order valence-corrected chi connectivity index (χ3v) is 5.52. The smallest absolute Gasteiger partial charge is 0.261 e. The Balaban J connectivity index is 1.57. The maximum atomic E-state index is 12.7. The van der Waals surface area contributed by atoms with Gasteiger partial charge in [-0.1, -0.05) is 32.1 Å². The molecule has 1 aliphatic carbocycles. The first-order valence-corrected chi connectivity index (χ1v) is 9.57. The zero-order valence-electron chi connectivity index (χ0n) is 14.6. The molecule has 0 spiro atoms. The number of fused-ring (bicyclic) bond motifs is 2. The minimum Gasteiger partial charge on any atom is -0.349 e. The van der Waals surface area contributed by atoms with Crippen LogP contribution in [0.5, 0.6) is 0 Å². The summed E-state index contributed by atoms with van der Waals surface area (Å²) < 4.78 is 1.76. The summed E-state index contributed by atoms with van der Waals surface area (Å²) in [5, 5.41) is 3.79. The molecule has 1 aromatic heterocycles. The van der Waals surface area contributed by atoms with Gasteiger partial charge in [-0.25, -0.2) is 4.98 Å². The predicted octanol–water partition coefficient (Wildman–Crippen LogP) is 3.19.